The predicted molar refractivity (Wildman–Crippen MR) is 132 cm³/mol. The first-order valence-electron chi connectivity index (χ1n) is 11.7. The third-order valence-corrected chi connectivity index (χ3v) is 6.67. The number of aliphatic hydroxyl groups excluding tert-OH is 1. The van der Waals surface area contributed by atoms with Crippen molar-refractivity contribution < 1.29 is 28.9 Å². The van der Waals surface area contributed by atoms with Crippen LogP contribution < -0.4 is 9.47 Å². The van der Waals surface area contributed by atoms with E-state index in [2.05, 4.69) is 4.90 Å². The Hall–Kier alpha value is -3.36. The molecule has 1 N–H and O–H groups in total. The van der Waals surface area contributed by atoms with Crippen LogP contribution in [0.15, 0.2) is 42.0 Å². The minimum absolute atomic E-state index is 0.0814. The quantitative estimate of drug-likeness (QED) is 0.370. The van der Waals surface area contributed by atoms with Gasteiger partial charge in [0.05, 0.1) is 39.0 Å². The lowest BCUT2D eigenvalue weighted by Gasteiger charge is -2.31. The summed E-state index contributed by atoms with van der Waals surface area (Å²) in [5.41, 5.74) is 3.05. The van der Waals surface area contributed by atoms with E-state index in [0.29, 0.717) is 48.9 Å². The predicted octanol–water partition coefficient (Wildman–Crippen LogP) is 3.07. The molecular formula is C27H32N2O6. The molecule has 2 fully saturated rings. The number of ketones is 1. The number of aliphatic hydroxyl groups is 1. The molecule has 2 aliphatic heterocycles. The molecule has 0 aromatic heterocycles. The smallest absolute Gasteiger partial charge is 0.295 e. The topological polar surface area (TPSA) is 88.5 Å². The molecule has 0 bridgehead atoms. The highest BCUT2D eigenvalue weighted by Crippen LogP contribution is 2.42. The summed E-state index contributed by atoms with van der Waals surface area (Å²) >= 11 is 0. The lowest BCUT2D eigenvalue weighted by atomic mass is 9.93. The molecule has 0 aliphatic carbocycles. The Bertz CT molecular complexity index is 1150. The van der Waals surface area contributed by atoms with Crippen LogP contribution in [0, 0.1) is 13.8 Å². The number of amides is 1. The maximum Gasteiger partial charge on any atom is 0.295 e. The molecule has 1 unspecified atom stereocenters. The minimum atomic E-state index is -0.754. The van der Waals surface area contributed by atoms with Crippen LogP contribution in [-0.4, -0.2) is 80.2 Å². The number of rotatable bonds is 7. The molecule has 8 heteroatoms. The molecule has 0 radical (unpaired) electrons. The van der Waals surface area contributed by atoms with Gasteiger partial charge < -0.3 is 24.2 Å². The molecule has 0 spiro atoms. The van der Waals surface area contributed by atoms with Crippen LogP contribution in [0.1, 0.15) is 28.3 Å². The SMILES string of the molecule is COc1ccc(C2/C(=C(\O)c3cc(C)ccc3C)C(=O)C(=O)N2CCN2CCOCC2)cc1OC. The maximum atomic E-state index is 13.3. The fraction of sp³-hybridized carbons (Fsp3) is 0.407. The highest BCUT2D eigenvalue weighted by molar-refractivity contribution is 6.46. The zero-order chi connectivity index (χ0) is 25.1. The largest absolute Gasteiger partial charge is 0.507 e. The van der Waals surface area contributed by atoms with Crippen LogP contribution in [0.25, 0.3) is 5.76 Å². The Kier molecular flexibility index (Phi) is 7.42. The second kappa shape index (κ2) is 10.5. The van der Waals surface area contributed by atoms with Gasteiger partial charge in [-0.05, 0) is 43.2 Å². The van der Waals surface area contributed by atoms with Crippen molar-refractivity contribution in [1.82, 2.24) is 9.80 Å². The lowest BCUT2D eigenvalue weighted by molar-refractivity contribution is -0.140. The summed E-state index contributed by atoms with van der Waals surface area (Å²) in [5, 5.41) is 11.4. The molecule has 0 saturated carbocycles. The zero-order valence-electron chi connectivity index (χ0n) is 20.7. The van der Waals surface area contributed by atoms with Crippen molar-refractivity contribution >= 4 is 17.4 Å². The summed E-state index contributed by atoms with van der Waals surface area (Å²) in [5.74, 6) is -0.458. The summed E-state index contributed by atoms with van der Waals surface area (Å²) in [4.78, 5) is 30.4. The van der Waals surface area contributed by atoms with Crippen molar-refractivity contribution in [2.75, 3.05) is 53.6 Å². The molecule has 2 aliphatic rings. The molecule has 2 aromatic carbocycles. The monoisotopic (exact) mass is 480 g/mol. The molecule has 2 saturated heterocycles. The number of likely N-dealkylation sites (tertiary alicyclic amines) is 1. The van der Waals surface area contributed by atoms with Crippen molar-refractivity contribution in [3.63, 3.8) is 0 Å². The van der Waals surface area contributed by atoms with E-state index in [-0.39, 0.29) is 11.3 Å². The highest BCUT2D eigenvalue weighted by atomic mass is 16.5. The van der Waals surface area contributed by atoms with Crippen LogP contribution in [-0.2, 0) is 14.3 Å². The number of benzene rings is 2. The number of hydrogen-bond donors (Lipinski definition) is 1. The van der Waals surface area contributed by atoms with E-state index in [1.165, 1.54) is 7.11 Å². The molecule has 4 rings (SSSR count). The number of aryl methyl sites for hydroxylation is 2. The van der Waals surface area contributed by atoms with Gasteiger partial charge in [0.2, 0.25) is 0 Å². The summed E-state index contributed by atoms with van der Waals surface area (Å²) in [6, 6.07) is 10.2. The van der Waals surface area contributed by atoms with E-state index < -0.39 is 17.7 Å². The van der Waals surface area contributed by atoms with E-state index in [1.807, 2.05) is 32.0 Å². The number of morpholine rings is 1. The summed E-state index contributed by atoms with van der Waals surface area (Å²) < 4.78 is 16.3. The van der Waals surface area contributed by atoms with Gasteiger partial charge in [-0.1, -0.05) is 23.8 Å². The number of carbonyl (C=O) groups excluding carboxylic acids is 2. The van der Waals surface area contributed by atoms with Gasteiger partial charge in [0.15, 0.2) is 11.5 Å². The van der Waals surface area contributed by atoms with Gasteiger partial charge in [-0.15, -0.1) is 0 Å². The lowest BCUT2D eigenvalue weighted by Crippen LogP contribution is -2.42. The van der Waals surface area contributed by atoms with Crippen LogP contribution in [0.5, 0.6) is 11.5 Å². The molecule has 186 valence electrons. The second-order valence-electron chi connectivity index (χ2n) is 8.88. The average Bonchev–Trinajstić information content (AvgIpc) is 3.13. The van der Waals surface area contributed by atoms with Crippen molar-refractivity contribution in [3.8, 4) is 11.5 Å². The number of methoxy groups -OCH3 is 2. The van der Waals surface area contributed by atoms with Gasteiger partial charge in [0, 0.05) is 31.7 Å². The standard InChI is InChI=1S/C27H32N2O6/c1-17-5-6-18(2)20(15-17)25(30)23-24(19-7-8-21(33-3)22(16-19)34-4)29(27(32)26(23)31)10-9-28-11-13-35-14-12-28/h5-8,15-16,24,30H,9-14H2,1-4H3/b25-23+. The molecule has 35 heavy (non-hydrogen) atoms. The Morgan fingerprint density at radius 3 is 2.40 bits per heavy atom. The van der Waals surface area contributed by atoms with E-state index in [4.69, 9.17) is 14.2 Å². The first-order chi connectivity index (χ1) is 16.8. The Morgan fingerprint density at radius 2 is 1.71 bits per heavy atom. The first kappa shape index (κ1) is 24.8. The maximum absolute atomic E-state index is 13.3. The van der Waals surface area contributed by atoms with Gasteiger partial charge in [0.25, 0.3) is 11.7 Å². The average molecular weight is 481 g/mol. The summed E-state index contributed by atoms with van der Waals surface area (Å²) in [6.45, 7) is 7.56. The van der Waals surface area contributed by atoms with Crippen LogP contribution in [0.3, 0.4) is 0 Å². The Morgan fingerprint density at radius 1 is 1.00 bits per heavy atom. The zero-order valence-corrected chi connectivity index (χ0v) is 20.7. The third kappa shape index (κ3) is 4.90. The first-order valence-corrected chi connectivity index (χ1v) is 11.7. The molecule has 1 amide bonds. The molecular weight excluding hydrogens is 448 g/mol. The van der Waals surface area contributed by atoms with Gasteiger partial charge in [-0.25, -0.2) is 0 Å². The number of Topliss-reactive ketones (excluding diaryl/α,β-unsaturated/α-hetero) is 1. The Labute approximate surface area is 205 Å². The van der Waals surface area contributed by atoms with E-state index in [0.717, 1.165) is 24.2 Å². The van der Waals surface area contributed by atoms with Crippen LogP contribution in [0.4, 0.5) is 0 Å². The second-order valence-corrected chi connectivity index (χ2v) is 8.88. The molecule has 2 aromatic rings. The van der Waals surface area contributed by atoms with Crippen molar-refractivity contribution in [3.05, 3.63) is 64.2 Å². The summed E-state index contributed by atoms with van der Waals surface area (Å²) in [6.07, 6.45) is 0. The van der Waals surface area contributed by atoms with E-state index in [9.17, 15) is 14.7 Å². The van der Waals surface area contributed by atoms with Crippen LogP contribution in [0.2, 0.25) is 0 Å². The molecule has 2 heterocycles. The fourth-order valence-electron chi connectivity index (χ4n) is 4.69. The number of hydrogen-bond acceptors (Lipinski definition) is 7. The van der Waals surface area contributed by atoms with E-state index >= 15 is 0 Å². The van der Waals surface area contributed by atoms with Crippen molar-refractivity contribution in [2.24, 2.45) is 0 Å². The number of ether oxygens (including phenoxy) is 3. The summed E-state index contributed by atoms with van der Waals surface area (Å²) in [7, 11) is 3.08. The fourth-order valence-corrected chi connectivity index (χ4v) is 4.69. The van der Waals surface area contributed by atoms with Gasteiger partial charge in [-0.2, -0.15) is 0 Å². The third-order valence-electron chi connectivity index (χ3n) is 6.67. The van der Waals surface area contributed by atoms with Gasteiger partial charge in [0.1, 0.15) is 5.76 Å². The molecule has 1 atom stereocenters. The molecule has 8 nitrogen and oxygen atoms in total. The minimum Gasteiger partial charge on any atom is -0.507 e. The van der Waals surface area contributed by atoms with E-state index in [1.54, 1.807) is 30.2 Å². The normalized spacial score (nSPS) is 20.3. The Balaban J connectivity index is 1.81. The van der Waals surface area contributed by atoms with Gasteiger partial charge >= 0.3 is 0 Å². The highest BCUT2D eigenvalue weighted by Gasteiger charge is 2.46. The number of nitrogens with zero attached hydrogens (tertiary/aromatic N) is 2. The van der Waals surface area contributed by atoms with Crippen molar-refractivity contribution in [2.45, 2.75) is 19.9 Å². The number of carbonyl (C=O) groups is 2. The van der Waals surface area contributed by atoms with Crippen molar-refractivity contribution in [1.29, 1.82) is 0 Å². The van der Waals surface area contributed by atoms with Crippen LogP contribution >= 0.6 is 0 Å². The van der Waals surface area contributed by atoms with Gasteiger partial charge in [-0.3, -0.25) is 14.5 Å².